The summed E-state index contributed by atoms with van der Waals surface area (Å²) in [5.41, 5.74) is 1.86. The number of rotatable bonds is 4. The summed E-state index contributed by atoms with van der Waals surface area (Å²) in [6.45, 7) is 1.68. The zero-order valence-electron chi connectivity index (χ0n) is 11.8. The maximum absolute atomic E-state index is 12.1. The molecule has 0 bridgehead atoms. The van der Waals surface area contributed by atoms with Gasteiger partial charge >= 0.3 is 5.97 Å². The van der Waals surface area contributed by atoms with Crippen molar-refractivity contribution in [3.8, 4) is 0 Å². The van der Waals surface area contributed by atoms with Gasteiger partial charge in [0.1, 0.15) is 0 Å². The van der Waals surface area contributed by atoms with Crippen LogP contribution in [0.4, 0.5) is 5.69 Å². The lowest BCUT2D eigenvalue weighted by atomic mass is 10.1. The Labute approximate surface area is 133 Å². The van der Waals surface area contributed by atoms with E-state index in [-0.39, 0.29) is 11.5 Å². The van der Waals surface area contributed by atoms with Crippen LogP contribution >= 0.6 is 11.6 Å². The number of carbonyl (C=O) groups is 2. The molecular weight excluding hydrogens is 302 g/mol. The summed E-state index contributed by atoms with van der Waals surface area (Å²) in [5.74, 6) is -1.34. The smallest absolute Gasteiger partial charge is 0.335 e. The fourth-order valence-corrected chi connectivity index (χ4v) is 2.07. The average molecular weight is 316 g/mol. The Morgan fingerprint density at radius 3 is 2.55 bits per heavy atom. The molecular formula is C17H14ClNO3. The largest absolute Gasteiger partial charge is 0.478 e. The SMILES string of the molecule is CC(=Cc1cccc(Cl)c1)C(=O)Nc1cccc(C(=O)O)c1. The highest BCUT2D eigenvalue weighted by molar-refractivity contribution is 6.30. The molecule has 22 heavy (non-hydrogen) atoms. The van der Waals surface area contributed by atoms with Gasteiger partial charge < -0.3 is 10.4 Å². The molecule has 2 rings (SSSR count). The predicted molar refractivity (Wildman–Crippen MR) is 87.1 cm³/mol. The molecule has 0 spiro atoms. The third-order valence-corrected chi connectivity index (χ3v) is 3.19. The van der Waals surface area contributed by atoms with Gasteiger partial charge in [-0.1, -0.05) is 29.8 Å². The van der Waals surface area contributed by atoms with Crippen molar-refractivity contribution in [2.45, 2.75) is 6.92 Å². The molecule has 0 aliphatic heterocycles. The lowest BCUT2D eigenvalue weighted by Crippen LogP contribution is -2.13. The molecule has 5 heteroatoms. The Morgan fingerprint density at radius 2 is 1.86 bits per heavy atom. The van der Waals surface area contributed by atoms with E-state index in [1.54, 1.807) is 43.3 Å². The van der Waals surface area contributed by atoms with Gasteiger partial charge in [-0.05, 0) is 48.9 Å². The first-order valence-electron chi connectivity index (χ1n) is 6.54. The minimum Gasteiger partial charge on any atom is -0.478 e. The second-order valence-corrected chi connectivity index (χ2v) is 5.16. The van der Waals surface area contributed by atoms with Crippen molar-refractivity contribution in [2.24, 2.45) is 0 Å². The van der Waals surface area contributed by atoms with Crippen molar-refractivity contribution in [1.29, 1.82) is 0 Å². The number of amides is 1. The van der Waals surface area contributed by atoms with Crippen LogP contribution in [-0.4, -0.2) is 17.0 Å². The number of carbonyl (C=O) groups excluding carboxylic acids is 1. The molecule has 2 aromatic carbocycles. The molecule has 0 atom stereocenters. The van der Waals surface area contributed by atoms with Crippen molar-refractivity contribution in [2.75, 3.05) is 5.32 Å². The third-order valence-electron chi connectivity index (χ3n) is 2.96. The maximum atomic E-state index is 12.1. The molecule has 0 heterocycles. The zero-order valence-corrected chi connectivity index (χ0v) is 12.6. The molecule has 0 saturated carbocycles. The van der Waals surface area contributed by atoms with Crippen molar-refractivity contribution in [3.63, 3.8) is 0 Å². The van der Waals surface area contributed by atoms with Crippen LogP contribution in [0.5, 0.6) is 0 Å². The molecule has 0 aromatic heterocycles. The second kappa shape index (κ2) is 6.91. The van der Waals surface area contributed by atoms with Crippen LogP contribution in [-0.2, 0) is 4.79 Å². The molecule has 0 radical (unpaired) electrons. The summed E-state index contributed by atoms with van der Waals surface area (Å²) < 4.78 is 0. The highest BCUT2D eigenvalue weighted by atomic mass is 35.5. The molecule has 0 saturated heterocycles. The van der Waals surface area contributed by atoms with Gasteiger partial charge in [-0.25, -0.2) is 4.79 Å². The number of carboxylic acids is 1. The lowest BCUT2D eigenvalue weighted by Gasteiger charge is -2.06. The van der Waals surface area contributed by atoms with Crippen LogP contribution in [0.1, 0.15) is 22.8 Å². The van der Waals surface area contributed by atoms with E-state index < -0.39 is 5.97 Å². The first-order valence-corrected chi connectivity index (χ1v) is 6.92. The van der Waals surface area contributed by atoms with Crippen molar-refractivity contribution < 1.29 is 14.7 Å². The highest BCUT2D eigenvalue weighted by Gasteiger charge is 2.08. The number of carboxylic acid groups (broad SMARTS) is 1. The number of anilines is 1. The number of hydrogen-bond acceptors (Lipinski definition) is 2. The van der Waals surface area contributed by atoms with Crippen LogP contribution in [0.15, 0.2) is 54.1 Å². The fraction of sp³-hybridized carbons (Fsp3) is 0.0588. The number of benzene rings is 2. The summed E-state index contributed by atoms with van der Waals surface area (Å²) >= 11 is 5.90. The van der Waals surface area contributed by atoms with E-state index in [9.17, 15) is 9.59 Å². The van der Waals surface area contributed by atoms with Crippen molar-refractivity contribution in [3.05, 3.63) is 70.3 Å². The number of nitrogens with one attached hydrogen (secondary N) is 1. The Balaban J connectivity index is 2.14. The molecule has 112 valence electrons. The summed E-state index contributed by atoms with van der Waals surface area (Å²) in [4.78, 5) is 23.0. The highest BCUT2D eigenvalue weighted by Crippen LogP contribution is 2.16. The van der Waals surface area contributed by atoms with Gasteiger partial charge in [0, 0.05) is 16.3 Å². The van der Waals surface area contributed by atoms with Gasteiger partial charge in [-0.2, -0.15) is 0 Å². The summed E-state index contributed by atoms with van der Waals surface area (Å²) in [6.07, 6.45) is 1.71. The minimum atomic E-state index is -1.04. The number of halogens is 1. The monoisotopic (exact) mass is 315 g/mol. The van der Waals surface area contributed by atoms with Crippen LogP contribution < -0.4 is 5.32 Å². The van der Waals surface area contributed by atoms with Gasteiger partial charge in [0.05, 0.1) is 5.56 Å². The number of hydrogen-bond donors (Lipinski definition) is 2. The van der Waals surface area contributed by atoms with E-state index in [0.717, 1.165) is 5.56 Å². The normalized spacial score (nSPS) is 11.1. The Morgan fingerprint density at radius 1 is 1.14 bits per heavy atom. The summed E-state index contributed by atoms with van der Waals surface area (Å²) in [6, 6.07) is 13.2. The van der Waals surface area contributed by atoms with E-state index in [4.69, 9.17) is 16.7 Å². The van der Waals surface area contributed by atoms with Crippen molar-refractivity contribution in [1.82, 2.24) is 0 Å². The molecule has 1 amide bonds. The first-order chi connectivity index (χ1) is 10.5. The van der Waals surface area contributed by atoms with Gasteiger partial charge in [0.25, 0.3) is 5.91 Å². The standard InChI is InChI=1S/C17H14ClNO3/c1-11(8-12-4-2-6-14(18)9-12)16(20)19-15-7-3-5-13(10-15)17(21)22/h2-10H,1H3,(H,19,20)(H,21,22). The van der Waals surface area contributed by atoms with Crippen LogP contribution in [0.2, 0.25) is 5.02 Å². The van der Waals surface area contributed by atoms with Gasteiger partial charge in [0.15, 0.2) is 0 Å². The predicted octanol–water partition coefficient (Wildman–Crippen LogP) is 4.08. The zero-order chi connectivity index (χ0) is 16.1. The Kier molecular flexibility index (Phi) is 4.96. The molecule has 0 unspecified atom stereocenters. The molecule has 0 fully saturated rings. The average Bonchev–Trinajstić information content (AvgIpc) is 2.47. The van der Waals surface area contributed by atoms with Gasteiger partial charge in [0.2, 0.25) is 0 Å². The summed E-state index contributed by atoms with van der Waals surface area (Å²) in [5, 5.41) is 12.2. The first kappa shape index (κ1) is 15.8. The van der Waals surface area contributed by atoms with Crippen LogP contribution in [0, 0.1) is 0 Å². The van der Waals surface area contributed by atoms with Crippen molar-refractivity contribution >= 4 is 35.2 Å². The minimum absolute atomic E-state index is 0.120. The molecule has 0 aliphatic carbocycles. The van der Waals surface area contributed by atoms with Gasteiger partial charge in [-0.15, -0.1) is 0 Å². The van der Waals surface area contributed by atoms with Gasteiger partial charge in [-0.3, -0.25) is 4.79 Å². The van der Waals surface area contributed by atoms with E-state index >= 15 is 0 Å². The lowest BCUT2D eigenvalue weighted by molar-refractivity contribution is -0.112. The molecule has 0 aliphatic rings. The van der Waals surface area contributed by atoms with Crippen LogP contribution in [0.3, 0.4) is 0 Å². The van der Waals surface area contributed by atoms with E-state index in [0.29, 0.717) is 16.3 Å². The molecule has 4 nitrogen and oxygen atoms in total. The van der Waals surface area contributed by atoms with Crippen LogP contribution in [0.25, 0.3) is 6.08 Å². The van der Waals surface area contributed by atoms with E-state index in [1.165, 1.54) is 12.1 Å². The quantitative estimate of drug-likeness (QED) is 0.835. The van der Waals surface area contributed by atoms with E-state index in [1.807, 2.05) is 6.07 Å². The second-order valence-electron chi connectivity index (χ2n) is 4.72. The fourth-order valence-electron chi connectivity index (χ4n) is 1.87. The number of aromatic carboxylic acids is 1. The maximum Gasteiger partial charge on any atom is 0.335 e. The topological polar surface area (TPSA) is 66.4 Å². The summed E-state index contributed by atoms with van der Waals surface area (Å²) in [7, 11) is 0. The molecule has 2 N–H and O–H groups in total. The molecule has 2 aromatic rings. The third kappa shape index (κ3) is 4.20. The Bertz CT molecular complexity index is 753. The Hall–Kier alpha value is -2.59. The van der Waals surface area contributed by atoms with E-state index in [2.05, 4.69) is 5.32 Å².